The van der Waals surface area contributed by atoms with E-state index < -0.39 is 0 Å². The van der Waals surface area contributed by atoms with Gasteiger partial charge in [-0.25, -0.2) is 0 Å². The van der Waals surface area contributed by atoms with Crippen LogP contribution in [0.4, 0.5) is 0 Å². The van der Waals surface area contributed by atoms with Gasteiger partial charge in [0.1, 0.15) is 0 Å². The van der Waals surface area contributed by atoms with Crippen molar-refractivity contribution in [3.63, 3.8) is 0 Å². The van der Waals surface area contributed by atoms with Gasteiger partial charge in [-0.2, -0.15) is 0 Å². The molecule has 0 amide bonds. The van der Waals surface area contributed by atoms with Gasteiger partial charge in [0.05, 0.1) is 6.17 Å². The molecule has 2 N–H and O–H groups in total. The summed E-state index contributed by atoms with van der Waals surface area (Å²) in [6, 6.07) is 0. The van der Waals surface area contributed by atoms with Crippen LogP contribution >= 0.6 is 0 Å². The molecule has 0 aromatic rings. The third kappa shape index (κ3) is 3.11. The maximum absolute atomic E-state index is 5.93. The molecule has 0 aromatic carbocycles. The van der Waals surface area contributed by atoms with Gasteiger partial charge in [-0.15, -0.1) is 0 Å². The van der Waals surface area contributed by atoms with Gasteiger partial charge in [-0.05, 0) is 31.2 Å². The Morgan fingerprint density at radius 2 is 2.08 bits per heavy atom. The Kier molecular flexibility index (Phi) is 3.13. The zero-order valence-corrected chi connectivity index (χ0v) is 8.64. The minimum atomic E-state index is 0.340. The van der Waals surface area contributed by atoms with E-state index in [1.807, 2.05) is 0 Å². The maximum atomic E-state index is 5.93. The van der Waals surface area contributed by atoms with Crippen LogP contribution in [-0.4, -0.2) is 24.2 Å². The van der Waals surface area contributed by atoms with Crippen molar-refractivity contribution < 1.29 is 0 Å². The van der Waals surface area contributed by atoms with E-state index in [4.69, 9.17) is 5.73 Å². The molecular formula is C10H22N2. The second-order valence-electron chi connectivity index (χ2n) is 5.06. The monoisotopic (exact) mass is 170 g/mol. The molecule has 1 aliphatic heterocycles. The lowest BCUT2D eigenvalue weighted by Crippen LogP contribution is -2.38. The number of likely N-dealkylation sites (tertiary alicyclic amines) is 1. The molecule has 1 unspecified atom stereocenters. The van der Waals surface area contributed by atoms with Crippen LogP contribution in [0.1, 0.15) is 40.0 Å². The highest BCUT2D eigenvalue weighted by atomic mass is 15.2. The Labute approximate surface area is 76.1 Å². The fraction of sp³-hybridized carbons (Fsp3) is 1.00. The van der Waals surface area contributed by atoms with E-state index in [1.54, 1.807) is 0 Å². The summed E-state index contributed by atoms with van der Waals surface area (Å²) in [5.41, 5.74) is 6.38. The molecule has 2 nitrogen and oxygen atoms in total. The highest BCUT2D eigenvalue weighted by Crippen LogP contribution is 2.21. The van der Waals surface area contributed by atoms with Gasteiger partial charge in [-0.1, -0.05) is 20.8 Å². The molecule has 1 saturated heterocycles. The second kappa shape index (κ2) is 3.75. The van der Waals surface area contributed by atoms with Crippen LogP contribution in [0, 0.1) is 5.41 Å². The highest BCUT2D eigenvalue weighted by Gasteiger charge is 2.21. The smallest absolute Gasteiger partial charge is 0.0572 e. The molecule has 0 radical (unpaired) electrons. The quantitative estimate of drug-likeness (QED) is 0.684. The molecule has 2 heteroatoms. The summed E-state index contributed by atoms with van der Waals surface area (Å²) in [5, 5.41) is 0. The van der Waals surface area contributed by atoms with Crippen LogP contribution in [-0.2, 0) is 0 Å². The summed E-state index contributed by atoms with van der Waals surface area (Å²) in [5.74, 6) is 0. The molecule has 0 saturated carbocycles. The summed E-state index contributed by atoms with van der Waals surface area (Å²) in [4.78, 5) is 2.41. The fourth-order valence-electron chi connectivity index (χ4n) is 1.61. The van der Waals surface area contributed by atoms with Crippen LogP contribution < -0.4 is 5.73 Å². The predicted molar refractivity (Wildman–Crippen MR) is 52.9 cm³/mol. The van der Waals surface area contributed by atoms with E-state index in [1.165, 1.54) is 32.4 Å². The topological polar surface area (TPSA) is 29.3 Å². The predicted octanol–water partition coefficient (Wildman–Crippen LogP) is 1.80. The summed E-state index contributed by atoms with van der Waals surface area (Å²) in [6.45, 7) is 9.24. The molecule has 72 valence electrons. The molecule has 0 bridgehead atoms. The van der Waals surface area contributed by atoms with Gasteiger partial charge in [-0.3, -0.25) is 4.90 Å². The third-order valence-electron chi connectivity index (χ3n) is 2.56. The standard InChI is InChI=1S/C10H22N2/c1-10(2,3)6-8-12-7-4-5-9(12)11/h9H,4-8,11H2,1-3H3. The first-order valence-corrected chi connectivity index (χ1v) is 4.99. The lowest BCUT2D eigenvalue weighted by molar-refractivity contribution is 0.216. The lowest BCUT2D eigenvalue weighted by Gasteiger charge is -2.25. The van der Waals surface area contributed by atoms with E-state index in [0.29, 0.717) is 11.6 Å². The normalized spacial score (nSPS) is 26.5. The SMILES string of the molecule is CC(C)(C)CCN1CCCC1N. The molecule has 1 aliphatic rings. The van der Waals surface area contributed by atoms with Gasteiger partial charge >= 0.3 is 0 Å². The number of rotatable bonds is 2. The average Bonchev–Trinajstić information content (AvgIpc) is 2.29. The van der Waals surface area contributed by atoms with Crippen molar-refractivity contribution in [3.8, 4) is 0 Å². The first kappa shape index (κ1) is 10.0. The molecule has 1 atom stereocenters. The van der Waals surface area contributed by atoms with Crippen molar-refractivity contribution in [2.75, 3.05) is 13.1 Å². The number of hydrogen-bond acceptors (Lipinski definition) is 2. The van der Waals surface area contributed by atoms with Gasteiger partial charge in [0.25, 0.3) is 0 Å². The summed E-state index contributed by atoms with van der Waals surface area (Å²) >= 11 is 0. The Bertz CT molecular complexity index is 137. The van der Waals surface area contributed by atoms with E-state index in [2.05, 4.69) is 25.7 Å². The van der Waals surface area contributed by atoms with Crippen molar-refractivity contribution >= 4 is 0 Å². The van der Waals surface area contributed by atoms with Crippen molar-refractivity contribution in [1.82, 2.24) is 4.90 Å². The van der Waals surface area contributed by atoms with Crippen LogP contribution in [0.5, 0.6) is 0 Å². The number of nitrogens with zero attached hydrogens (tertiary/aromatic N) is 1. The van der Waals surface area contributed by atoms with Crippen molar-refractivity contribution in [3.05, 3.63) is 0 Å². The van der Waals surface area contributed by atoms with Gasteiger partial charge in [0, 0.05) is 6.54 Å². The van der Waals surface area contributed by atoms with E-state index in [0.717, 1.165) is 0 Å². The molecule has 0 aromatic heterocycles. The maximum Gasteiger partial charge on any atom is 0.0572 e. The molecular weight excluding hydrogens is 148 g/mol. The largest absolute Gasteiger partial charge is 0.316 e. The molecule has 0 spiro atoms. The Hall–Kier alpha value is -0.0800. The fourth-order valence-corrected chi connectivity index (χ4v) is 1.61. The average molecular weight is 170 g/mol. The Morgan fingerprint density at radius 1 is 1.42 bits per heavy atom. The summed E-state index contributed by atoms with van der Waals surface area (Å²) in [6.07, 6.45) is 4.06. The molecule has 0 aliphatic carbocycles. The zero-order valence-electron chi connectivity index (χ0n) is 8.64. The van der Waals surface area contributed by atoms with Crippen LogP contribution in [0.2, 0.25) is 0 Å². The molecule has 12 heavy (non-hydrogen) atoms. The zero-order chi connectivity index (χ0) is 9.19. The lowest BCUT2D eigenvalue weighted by atomic mass is 9.92. The minimum absolute atomic E-state index is 0.340. The van der Waals surface area contributed by atoms with Crippen molar-refractivity contribution in [1.29, 1.82) is 0 Å². The van der Waals surface area contributed by atoms with Gasteiger partial charge < -0.3 is 5.73 Å². The van der Waals surface area contributed by atoms with E-state index >= 15 is 0 Å². The first-order valence-electron chi connectivity index (χ1n) is 4.99. The van der Waals surface area contributed by atoms with Crippen LogP contribution in [0.25, 0.3) is 0 Å². The summed E-state index contributed by atoms with van der Waals surface area (Å²) < 4.78 is 0. The minimum Gasteiger partial charge on any atom is -0.316 e. The van der Waals surface area contributed by atoms with Crippen molar-refractivity contribution in [2.24, 2.45) is 11.1 Å². The second-order valence-corrected chi connectivity index (χ2v) is 5.06. The number of nitrogens with two attached hydrogens (primary N) is 1. The van der Waals surface area contributed by atoms with Crippen LogP contribution in [0.3, 0.4) is 0 Å². The Balaban J connectivity index is 2.23. The van der Waals surface area contributed by atoms with Crippen LogP contribution in [0.15, 0.2) is 0 Å². The third-order valence-corrected chi connectivity index (χ3v) is 2.56. The van der Waals surface area contributed by atoms with Crippen molar-refractivity contribution in [2.45, 2.75) is 46.2 Å². The Morgan fingerprint density at radius 3 is 2.50 bits per heavy atom. The van der Waals surface area contributed by atoms with E-state index in [-0.39, 0.29) is 0 Å². The molecule has 1 heterocycles. The summed E-state index contributed by atoms with van der Waals surface area (Å²) in [7, 11) is 0. The first-order chi connectivity index (χ1) is 5.49. The molecule has 1 rings (SSSR count). The van der Waals surface area contributed by atoms with Gasteiger partial charge in [0.15, 0.2) is 0 Å². The number of hydrogen-bond donors (Lipinski definition) is 1. The highest BCUT2D eigenvalue weighted by molar-refractivity contribution is 4.75. The van der Waals surface area contributed by atoms with E-state index in [9.17, 15) is 0 Å². The van der Waals surface area contributed by atoms with Gasteiger partial charge in [0.2, 0.25) is 0 Å². The molecule has 1 fully saturated rings.